The van der Waals surface area contributed by atoms with E-state index in [1.807, 2.05) is 30.3 Å². The van der Waals surface area contributed by atoms with Crippen molar-refractivity contribution < 1.29 is 19.7 Å². The quantitative estimate of drug-likeness (QED) is 0.715. The van der Waals surface area contributed by atoms with Gasteiger partial charge in [-0.15, -0.1) is 0 Å². The van der Waals surface area contributed by atoms with Gasteiger partial charge in [0.15, 0.2) is 5.60 Å². The van der Waals surface area contributed by atoms with Crippen LogP contribution in [0.25, 0.3) is 0 Å². The Hall–Kier alpha value is -1.39. The van der Waals surface area contributed by atoms with Gasteiger partial charge in [-0.05, 0) is 12.5 Å². The predicted molar refractivity (Wildman–Crippen MR) is 58.8 cm³/mol. The lowest BCUT2D eigenvalue weighted by Crippen LogP contribution is -2.39. The summed E-state index contributed by atoms with van der Waals surface area (Å²) >= 11 is 0. The minimum absolute atomic E-state index is 0.0935. The molecule has 4 heteroatoms. The van der Waals surface area contributed by atoms with Gasteiger partial charge in [-0.25, -0.2) is 4.79 Å². The van der Waals surface area contributed by atoms with Crippen LogP contribution in [0.2, 0.25) is 0 Å². The van der Waals surface area contributed by atoms with Crippen LogP contribution in [0.5, 0.6) is 0 Å². The van der Waals surface area contributed by atoms with E-state index in [4.69, 9.17) is 5.11 Å². The molecule has 1 atom stereocenters. The molecule has 2 N–H and O–H groups in total. The number of esters is 1. The molecule has 88 valence electrons. The van der Waals surface area contributed by atoms with Crippen molar-refractivity contribution in [2.24, 2.45) is 0 Å². The van der Waals surface area contributed by atoms with Crippen molar-refractivity contribution in [3.63, 3.8) is 0 Å². The molecule has 0 bridgehead atoms. The van der Waals surface area contributed by atoms with Gasteiger partial charge >= 0.3 is 5.97 Å². The number of carbonyl (C=O) groups is 1. The third-order valence-corrected chi connectivity index (χ3v) is 2.16. The predicted octanol–water partition coefficient (Wildman–Crippen LogP) is 0.516. The molecule has 1 unspecified atom stereocenters. The number of ether oxygens (including phenoxy) is 1. The van der Waals surface area contributed by atoms with E-state index < -0.39 is 11.6 Å². The van der Waals surface area contributed by atoms with Gasteiger partial charge in [0.1, 0.15) is 6.61 Å². The highest BCUT2D eigenvalue weighted by Crippen LogP contribution is 2.14. The maximum atomic E-state index is 11.4. The van der Waals surface area contributed by atoms with E-state index in [-0.39, 0.29) is 19.6 Å². The van der Waals surface area contributed by atoms with Gasteiger partial charge in [0.05, 0.1) is 6.61 Å². The highest BCUT2D eigenvalue weighted by atomic mass is 16.6. The topological polar surface area (TPSA) is 66.8 Å². The van der Waals surface area contributed by atoms with Crippen LogP contribution >= 0.6 is 0 Å². The number of hydrogen-bond donors (Lipinski definition) is 2. The summed E-state index contributed by atoms with van der Waals surface area (Å²) in [5.41, 5.74) is -0.704. The van der Waals surface area contributed by atoms with Crippen molar-refractivity contribution in [1.82, 2.24) is 0 Å². The Morgan fingerprint density at radius 3 is 2.56 bits per heavy atom. The summed E-state index contributed by atoms with van der Waals surface area (Å²) in [7, 11) is 0. The fourth-order valence-corrected chi connectivity index (χ4v) is 1.36. The fraction of sp³-hybridized carbons (Fsp3) is 0.417. The van der Waals surface area contributed by atoms with Gasteiger partial charge in [-0.2, -0.15) is 0 Å². The Morgan fingerprint density at radius 1 is 1.38 bits per heavy atom. The maximum absolute atomic E-state index is 11.4. The molecular formula is C12H16O4. The second-order valence-electron chi connectivity index (χ2n) is 3.80. The molecule has 16 heavy (non-hydrogen) atoms. The number of aliphatic hydroxyl groups is 2. The fourth-order valence-electron chi connectivity index (χ4n) is 1.36. The SMILES string of the molecule is CC(O)(Cc1ccccc1)C(=O)OCCO. The van der Waals surface area contributed by atoms with E-state index in [9.17, 15) is 9.90 Å². The van der Waals surface area contributed by atoms with Gasteiger partial charge in [0.25, 0.3) is 0 Å². The molecule has 0 saturated carbocycles. The van der Waals surface area contributed by atoms with E-state index in [1.165, 1.54) is 6.92 Å². The molecule has 0 aliphatic heterocycles. The first-order valence-corrected chi connectivity index (χ1v) is 5.10. The molecule has 1 aromatic rings. The monoisotopic (exact) mass is 224 g/mol. The van der Waals surface area contributed by atoms with E-state index in [0.29, 0.717) is 0 Å². The third kappa shape index (κ3) is 3.64. The molecule has 1 aromatic carbocycles. The highest BCUT2D eigenvalue weighted by molar-refractivity contribution is 5.79. The first-order valence-electron chi connectivity index (χ1n) is 5.10. The average molecular weight is 224 g/mol. The second-order valence-corrected chi connectivity index (χ2v) is 3.80. The summed E-state index contributed by atoms with van der Waals surface area (Å²) in [6.45, 7) is 1.07. The van der Waals surface area contributed by atoms with Gasteiger partial charge in [0.2, 0.25) is 0 Å². The summed E-state index contributed by atoms with van der Waals surface area (Å²) in [6.07, 6.45) is 0.193. The van der Waals surface area contributed by atoms with Crippen molar-refractivity contribution in [2.45, 2.75) is 18.9 Å². The molecule has 0 radical (unpaired) electrons. The maximum Gasteiger partial charge on any atom is 0.338 e. The van der Waals surface area contributed by atoms with Gasteiger partial charge < -0.3 is 14.9 Å². The summed E-state index contributed by atoms with van der Waals surface area (Å²) in [6, 6.07) is 9.19. The smallest absolute Gasteiger partial charge is 0.338 e. The summed E-state index contributed by atoms with van der Waals surface area (Å²) in [5.74, 6) is -0.717. The van der Waals surface area contributed by atoms with Crippen LogP contribution in [0.15, 0.2) is 30.3 Å². The minimum Gasteiger partial charge on any atom is -0.461 e. The first kappa shape index (κ1) is 12.7. The lowest BCUT2D eigenvalue weighted by Gasteiger charge is -2.21. The molecule has 0 aromatic heterocycles. The normalized spacial score (nSPS) is 14.2. The number of rotatable bonds is 5. The molecular weight excluding hydrogens is 208 g/mol. The molecule has 0 aliphatic carbocycles. The zero-order valence-corrected chi connectivity index (χ0v) is 9.22. The number of hydrogen-bond acceptors (Lipinski definition) is 4. The Morgan fingerprint density at radius 2 is 2.00 bits per heavy atom. The van der Waals surface area contributed by atoms with Crippen LogP contribution in [0.4, 0.5) is 0 Å². The molecule has 0 spiro atoms. The molecule has 4 nitrogen and oxygen atoms in total. The van der Waals surface area contributed by atoms with E-state index >= 15 is 0 Å². The Labute approximate surface area is 94.5 Å². The van der Waals surface area contributed by atoms with E-state index in [0.717, 1.165) is 5.56 Å². The summed E-state index contributed by atoms with van der Waals surface area (Å²) in [4.78, 5) is 11.4. The Bertz CT molecular complexity index is 332. The third-order valence-electron chi connectivity index (χ3n) is 2.16. The van der Waals surface area contributed by atoms with Crippen molar-refractivity contribution in [3.05, 3.63) is 35.9 Å². The largest absolute Gasteiger partial charge is 0.461 e. The average Bonchev–Trinajstić information content (AvgIpc) is 2.26. The lowest BCUT2D eigenvalue weighted by atomic mass is 9.97. The van der Waals surface area contributed by atoms with Crippen LogP contribution in [-0.4, -0.2) is 35.0 Å². The highest BCUT2D eigenvalue weighted by Gasteiger charge is 2.32. The standard InChI is InChI=1S/C12H16O4/c1-12(15,11(14)16-8-7-13)9-10-5-3-2-4-6-10/h2-6,13,15H,7-9H2,1H3. The number of aliphatic hydroxyl groups excluding tert-OH is 1. The van der Waals surface area contributed by atoms with E-state index in [2.05, 4.69) is 4.74 Å². The van der Waals surface area contributed by atoms with Crippen LogP contribution < -0.4 is 0 Å². The van der Waals surface area contributed by atoms with Crippen LogP contribution in [-0.2, 0) is 16.0 Å². The molecule has 0 saturated heterocycles. The molecule has 0 aliphatic rings. The zero-order valence-electron chi connectivity index (χ0n) is 9.22. The van der Waals surface area contributed by atoms with Crippen molar-refractivity contribution in [1.29, 1.82) is 0 Å². The molecule has 1 rings (SSSR count). The molecule has 0 amide bonds. The number of benzene rings is 1. The lowest BCUT2D eigenvalue weighted by molar-refractivity contribution is -0.164. The molecule has 0 heterocycles. The van der Waals surface area contributed by atoms with E-state index in [1.54, 1.807) is 0 Å². The van der Waals surface area contributed by atoms with Crippen LogP contribution in [0.3, 0.4) is 0 Å². The van der Waals surface area contributed by atoms with Gasteiger partial charge in [-0.3, -0.25) is 0 Å². The second kappa shape index (κ2) is 5.63. The first-order chi connectivity index (χ1) is 7.56. The van der Waals surface area contributed by atoms with Gasteiger partial charge in [-0.1, -0.05) is 30.3 Å². The minimum atomic E-state index is -1.56. The Kier molecular flexibility index (Phi) is 4.46. The van der Waals surface area contributed by atoms with Crippen molar-refractivity contribution >= 4 is 5.97 Å². The Balaban J connectivity index is 2.60. The summed E-state index contributed by atoms with van der Waals surface area (Å²) in [5, 5.41) is 18.4. The van der Waals surface area contributed by atoms with Crippen molar-refractivity contribution in [3.8, 4) is 0 Å². The number of carbonyl (C=O) groups excluding carboxylic acids is 1. The van der Waals surface area contributed by atoms with Crippen LogP contribution in [0.1, 0.15) is 12.5 Å². The zero-order chi connectivity index (χ0) is 12.0. The molecule has 0 fully saturated rings. The summed E-state index contributed by atoms with van der Waals surface area (Å²) < 4.78 is 4.69. The van der Waals surface area contributed by atoms with Crippen molar-refractivity contribution in [2.75, 3.05) is 13.2 Å². The van der Waals surface area contributed by atoms with Gasteiger partial charge in [0, 0.05) is 6.42 Å². The van der Waals surface area contributed by atoms with Crippen LogP contribution in [0, 0.1) is 0 Å².